The molecule has 2 aromatic carbocycles. The van der Waals surface area contributed by atoms with E-state index < -0.39 is 11.6 Å². The van der Waals surface area contributed by atoms with Crippen LogP contribution in [0, 0.1) is 23.0 Å². The Morgan fingerprint density at radius 1 is 1.17 bits per heavy atom. The minimum atomic E-state index is -0.695. The fourth-order valence-corrected chi connectivity index (χ4v) is 1.47. The first-order valence-electron chi connectivity index (χ1n) is 5.02. The first-order valence-corrected chi connectivity index (χ1v) is 5.02. The fraction of sp³-hybridized carbons (Fsp3) is 0. The van der Waals surface area contributed by atoms with Crippen LogP contribution in [0.1, 0.15) is 5.56 Å². The van der Waals surface area contributed by atoms with Gasteiger partial charge < -0.3 is 10.5 Å². The van der Waals surface area contributed by atoms with E-state index in [2.05, 4.69) is 0 Å². The van der Waals surface area contributed by atoms with Crippen molar-refractivity contribution < 1.29 is 13.5 Å². The van der Waals surface area contributed by atoms with Crippen molar-refractivity contribution in [1.29, 1.82) is 5.26 Å². The van der Waals surface area contributed by atoms with E-state index in [1.807, 2.05) is 0 Å². The summed E-state index contributed by atoms with van der Waals surface area (Å²) in [6.45, 7) is 0. The van der Waals surface area contributed by atoms with Crippen LogP contribution in [-0.4, -0.2) is 0 Å². The van der Waals surface area contributed by atoms with Gasteiger partial charge in [-0.2, -0.15) is 5.26 Å². The van der Waals surface area contributed by atoms with Gasteiger partial charge in [-0.3, -0.25) is 0 Å². The van der Waals surface area contributed by atoms with Crippen LogP contribution in [0.2, 0.25) is 0 Å². The molecule has 0 aliphatic rings. The molecule has 0 fully saturated rings. The highest BCUT2D eigenvalue weighted by molar-refractivity contribution is 5.49. The molecule has 0 saturated heterocycles. The van der Waals surface area contributed by atoms with E-state index in [1.54, 1.807) is 6.07 Å². The molecule has 0 aliphatic carbocycles. The molecule has 90 valence electrons. The van der Waals surface area contributed by atoms with E-state index in [-0.39, 0.29) is 22.7 Å². The number of nitrogen functional groups attached to an aromatic ring is 1. The Labute approximate surface area is 102 Å². The zero-order valence-corrected chi connectivity index (χ0v) is 9.15. The monoisotopic (exact) mass is 246 g/mol. The topological polar surface area (TPSA) is 59.0 Å². The average molecular weight is 246 g/mol. The van der Waals surface area contributed by atoms with Gasteiger partial charge in [0.15, 0.2) is 0 Å². The lowest BCUT2D eigenvalue weighted by Crippen LogP contribution is -1.93. The highest BCUT2D eigenvalue weighted by atomic mass is 19.1. The number of nitrogens with two attached hydrogens (primary N) is 1. The molecule has 0 unspecified atom stereocenters. The second-order valence-electron chi connectivity index (χ2n) is 3.55. The molecule has 0 saturated carbocycles. The number of nitrogens with zero attached hydrogens (tertiary/aromatic N) is 1. The predicted octanol–water partition coefficient (Wildman–Crippen LogP) is 3.21. The molecule has 2 N–H and O–H groups in total. The lowest BCUT2D eigenvalue weighted by atomic mass is 10.2. The van der Waals surface area contributed by atoms with Gasteiger partial charge >= 0.3 is 0 Å². The van der Waals surface area contributed by atoms with E-state index in [1.165, 1.54) is 18.2 Å². The molecule has 0 spiro atoms. The Kier molecular flexibility index (Phi) is 3.11. The van der Waals surface area contributed by atoms with E-state index in [0.717, 1.165) is 18.2 Å². The Balaban J connectivity index is 2.40. The zero-order valence-electron chi connectivity index (χ0n) is 9.15. The maximum atomic E-state index is 13.3. The minimum absolute atomic E-state index is 0.0162. The zero-order chi connectivity index (χ0) is 13.1. The van der Waals surface area contributed by atoms with E-state index in [0.29, 0.717) is 0 Å². The van der Waals surface area contributed by atoms with E-state index in [9.17, 15) is 8.78 Å². The maximum Gasteiger partial charge on any atom is 0.148 e. The van der Waals surface area contributed by atoms with Gasteiger partial charge in [-0.25, -0.2) is 8.78 Å². The van der Waals surface area contributed by atoms with Crippen LogP contribution in [0.4, 0.5) is 14.5 Å². The molecule has 0 aromatic heterocycles. The molecule has 0 aliphatic heterocycles. The summed E-state index contributed by atoms with van der Waals surface area (Å²) in [6.07, 6.45) is 0. The van der Waals surface area contributed by atoms with Crippen LogP contribution in [0.5, 0.6) is 11.5 Å². The molecule has 0 atom stereocenters. The fourth-order valence-electron chi connectivity index (χ4n) is 1.47. The largest absolute Gasteiger partial charge is 0.456 e. The summed E-state index contributed by atoms with van der Waals surface area (Å²) in [5.74, 6) is -1.14. The molecular formula is C13H8F2N2O. The number of nitriles is 1. The summed E-state index contributed by atoms with van der Waals surface area (Å²) in [6, 6.07) is 9.26. The van der Waals surface area contributed by atoms with Crippen molar-refractivity contribution in [3.05, 3.63) is 53.6 Å². The number of rotatable bonds is 2. The first-order chi connectivity index (χ1) is 8.60. The van der Waals surface area contributed by atoms with Crippen molar-refractivity contribution >= 4 is 5.69 Å². The Bertz CT molecular complexity index is 615. The molecule has 2 rings (SSSR count). The van der Waals surface area contributed by atoms with Gasteiger partial charge in [0, 0.05) is 17.8 Å². The Morgan fingerprint density at radius 3 is 2.61 bits per heavy atom. The summed E-state index contributed by atoms with van der Waals surface area (Å²) in [5, 5.41) is 8.82. The van der Waals surface area contributed by atoms with Crippen LogP contribution in [0.25, 0.3) is 0 Å². The quantitative estimate of drug-likeness (QED) is 0.827. The van der Waals surface area contributed by atoms with E-state index in [4.69, 9.17) is 15.7 Å². The third-order valence-corrected chi connectivity index (χ3v) is 2.21. The summed E-state index contributed by atoms with van der Waals surface area (Å²) in [5.41, 5.74) is 5.40. The van der Waals surface area contributed by atoms with Gasteiger partial charge in [0.05, 0.1) is 0 Å². The second-order valence-corrected chi connectivity index (χ2v) is 3.55. The molecule has 2 aromatic rings. The second kappa shape index (κ2) is 4.72. The smallest absolute Gasteiger partial charge is 0.148 e. The number of anilines is 1. The molecule has 3 nitrogen and oxygen atoms in total. The molecule has 18 heavy (non-hydrogen) atoms. The number of halogens is 2. The Hall–Kier alpha value is -2.61. The molecule has 0 radical (unpaired) electrons. The Morgan fingerprint density at radius 2 is 1.94 bits per heavy atom. The molecular weight excluding hydrogens is 238 g/mol. The van der Waals surface area contributed by atoms with Crippen molar-refractivity contribution in [2.45, 2.75) is 0 Å². The maximum absolute atomic E-state index is 13.3. The third kappa shape index (κ3) is 2.38. The number of hydrogen-bond donors (Lipinski definition) is 1. The van der Waals surface area contributed by atoms with Gasteiger partial charge in [-0.1, -0.05) is 6.07 Å². The summed E-state index contributed by atoms with van der Waals surface area (Å²) < 4.78 is 31.7. The SMILES string of the molecule is N#Cc1c(F)cccc1Oc1cc(N)cc(F)c1. The number of hydrogen-bond acceptors (Lipinski definition) is 3. The van der Waals surface area contributed by atoms with Crippen molar-refractivity contribution in [3.8, 4) is 17.6 Å². The van der Waals surface area contributed by atoms with E-state index >= 15 is 0 Å². The summed E-state index contributed by atoms with van der Waals surface area (Å²) in [7, 11) is 0. The number of ether oxygens (including phenoxy) is 1. The summed E-state index contributed by atoms with van der Waals surface area (Å²) >= 11 is 0. The molecule has 0 heterocycles. The van der Waals surface area contributed by atoms with Crippen LogP contribution in [0.3, 0.4) is 0 Å². The van der Waals surface area contributed by atoms with Crippen molar-refractivity contribution in [2.24, 2.45) is 0 Å². The van der Waals surface area contributed by atoms with Gasteiger partial charge in [0.2, 0.25) is 0 Å². The van der Waals surface area contributed by atoms with Crippen molar-refractivity contribution in [2.75, 3.05) is 5.73 Å². The van der Waals surface area contributed by atoms with Gasteiger partial charge in [0.25, 0.3) is 0 Å². The van der Waals surface area contributed by atoms with Crippen molar-refractivity contribution in [1.82, 2.24) is 0 Å². The van der Waals surface area contributed by atoms with Gasteiger partial charge in [0.1, 0.15) is 34.8 Å². The van der Waals surface area contributed by atoms with Crippen molar-refractivity contribution in [3.63, 3.8) is 0 Å². The third-order valence-electron chi connectivity index (χ3n) is 2.21. The van der Waals surface area contributed by atoms with Crippen LogP contribution in [-0.2, 0) is 0 Å². The lowest BCUT2D eigenvalue weighted by Gasteiger charge is -2.08. The summed E-state index contributed by atoms with van der Waals surface area (Å²) in [4.78, 5) is 0. The molecule has 0 bridgehead atoms. The lowest BCUT2D eigenvalue weighted by molar-refractivity contribution is 0.469. The van der Waals surface area contributed by atoms with Gasteiger partial charge in [-0.05, 0) is 18.2 Å². The van der Waals surface area contributed by atoms with Crippen LogP contribution < -0.4 is 10.5 Å². The number of benzene rings is 2. The normalized spacial score (nSPS) is 9.83. The van der Waals surface area contributed by atoms with Gasteiger partial charge in [-0.15, -0.1) is 0 Å². The standard InChI is InChI=1S/C13H8F2N2O/c14-8-4-9(17)6-10(5-8)18-13-3-1-2-12(15)11(13)7-16/h1-6H,17H2. The highest BCUT2D eigenvalue weighted by Crippen LogP contribution is 2.28. The minimum Gasteiger partial charge on any atom is -0.456 e. The molecule has 0 amide bonds. The highest BCUT2D eigenvalue weighted by Gasteiger charge is 2.10. The predicted molar refractivity (Wildman–Crippen MR) is 62.0 cm³/mol. The average Bonchev–Trinajstić information content (AvgIpc) is 2.27. The van der Waals surface area contributed by atoms with Crippen LogP contribution in [0.15, 0.2) is 36.4 Å². The molecule has 5 heteroatoms. The van der Waals surface area contributed by atoms with Crippen LogP contribution >= 0.6 is 0 Å². The first kappa shape index (κ1) is 11.9.